The number of rotatable bonds is 4. The van der Waals surface area contributed by atoms with Crippen molar-refractivity contribution in [3.05, 3.63) is 35.9 Å². The standard InChI is InChI=1S/C18H25N3O2/c19-18(10-5-2-6-11-18)17(23)20-15-9-12-21(16(15)22)13-14-7-3-1-4-8-14/h1,3-4,7-8,15H,2,5-6,9-13,19H2,(H,20,23). The fourth-order valence-corrected chi connectivity index (χ4v) is 3.55. The molecule has 1 aromatic rings. The maximum absolute atomic E-state index is 12.5. The van der Waals surface area contributed by atoms with Gasteiger partial charge in [0.2, 0.25) is 11.8 Å². The fraction of sp³-hybridized carbons (Fsp3) is 0.556. The number of hydrogen-bond acceptors (Lipinski definition) is 3. The molecule has 1 atom stereocenters. The summed E-state index contributed by atoms with van der Waals surface area (Å²) >= 11 is 0. The minimum atomic E-state index is -0.786. The van der Waals surface area contributed by atoms with Crippen molar-refractivity contribution in [2.75, 3.05) is 6.54 Å². The maximum atomic E-state index is 12.5. The summed E-state index contributed by atoms with van der Waals surface area (Å²) in [5.74, 6) is -0.154. The first kappa shape index (κ1) is 16.0. The van der Waals surface area contributed by atoms with E-state index in [2.05, 4.69) is 5.32 Å². The Morgan fingerprint density at radius 1 is 1.22 bits per heavy atom. The van der Waals surface area contributed by atoms with Gasteiger partial charge in [0.25, 0.3) is 0 Å². The molecule has 23 heavy (non-hydrogen) atoms. The normalized spacial score (nSPS) is 23.8. The zero-order chi connectivity index (χ0) is 16.3. The summed E-state index contributed by atoms with van der Waals surface area (Å²) in [6, 6.07) is 9.50. The van der Waals surface area contributed by atoms with Crippen molar-refractivity contribution in [3.63, 3.8) is 0 Å². The van der Waals surface area contributed by atoms with Crippen LogP contribution in [-0.4, -0.2) is 34.8 Å². The Balaban J connectivity index is 1.57. The molecule has 0 aromatic heterocycles. The van der Waals surface area contributed by atoms with Crippen molar-refractivity contribution in [1.29, 1.82) is 0 Å². The van der Waals surface area contributed by atoms with Gasteiger partial charge < -0.3 is 16.0 Å². The number of likely N-dealkylation sites (tertiary alicyclic amines) is 1. The SMILES string of the molecule is NC1(C(=O)NC2CCN(Cc3ccccc3)C2=O)CCCCC1. The predicted octanol–water partition coefficient (Wildman–Crippen LogP) is 1.57. The van der Waals surface area contributed by atoms with Gasteiger partial charge >= 0.3 is 0 Å². The van der Waals surface area contributed by atoms with Crippen molar-refractivity contribution < 1.29 is 9.59 Å². The van der Waals surface area contributed by atoms with Crippen LogP contribution in [0.5, 0.6) is 0 Å². The molecule has 2 aliphatic rings. The Morgan fingerprint density at radius 3 is 2.61 bits per heavy atom. The summed E-state index contributed by atoms with van der Waals surface area (Å²) in [5.41, 5.74) is 6.57. The number of benzene rings is 1. The van der Waals surface area contributed by atoms with Gasteiger partial charge in [-0.2, -0.15) is 0 Å². The Kier molecular flexibility index (Phi) is 4.66. The van der Waals surface area contributed by atoms with Crippen molar-refractivity contribution in [2.45, 2.75) is 56.7 Å². The van der Waals surface area contributed by atoms with E-state index in [-0.39, 0.29) is 11.8 Å². The molecule has 3 N–H and O–H groups in total. The highest BCUT2D eigenvalue weighted by atomic mass is 16.2. The molecule has 1 unspecified atom stereocenters. The van der Waals surface area contributed by atoms with Crippen LogP contribution in [0.4, 0.5) is 0 Å². The molecule has 2 fully saturated rings. The lowest BCUT2D eigenvalue weighted by Gasteiger charge is -2.32. The van der Waals surface area contributed by atoms with Gasteiger partial charge in [0, 0.05) is 13.1 Å². The minimum Gasteiger partial charge on any atom is -0.343 e. The van der Waals surface area contributed by atoms with Crippen LogP contribution in [-0.2, 0) is 16.1 Å². The monoisotopic (exact) mass is 315 g/mol. The van der Waals surface area contributed by atoms with Crippen LogP contribution < -0.4 is 11.1 Å². The quantitative estimate of drug-likeness (QED) is 0.885. The zero-order valence-corrected chi connectivity index (χ0v) is 13.5. The van der Waals surface area contributed by atoms with Crippen molar-refractivity contribution in [1.82, 2.24) is 10.2 Å². The van der Waals surface area contributed by atoms with Gasteiger partial charge in [0.15, 0.2) is 0 Å². The third-order valence-electron chi connectivity index (χ3n) is 5.02. The van der Waals surface area contributed by atoms with Crippen LogP contribution >= 0.6 is 0 Å². The number of nitrogens with zero attached hydrogens (tertiary/aromatic N) is 1. The van der Waals surface area contributed by atoms with E-state index in [0.717, 1.165) is 24.8 Å². The third kappa shape index (κ3) is 3.55. The number of carbonyl (C=O) groups excluding carboxylic acids is 2. The van der Waals surface area contributed by atoms with Crippen molar-refractivity contribution >= 4 is 11.8 Å². The lowest BCUT2D eigenvalue weighted by molar-refractivity contribution is -0.135. The molecule has 1 aliphatic carbocycles. The van der Waals surface area contributed by atoms with Crippen LogP contribution in [0.1, 0.15) is 44.1 Å². The lowest BCUT2D eigenvalue weighted by atomic mass is 9.81. The second-order valence-electron chi connectivity index (χ2n) is 6.78. The Morgan fingerprint density at radius 2 is 1.91 bits per heavy atom. The Bertz CT molecular complexity index is 567. The first-order chi connectivity index (χ1) is 11.1. The van der Waals surface area contributed by atoms with E-state index >= 15 is 0 Å². The Labute approximate surface area is 137 Å². The molecule has 2 amide bonds. The van der Waals surface area contributed by atoms with Crippen LogP contribution in [0, 0.1) is 0 Å². The van der Waals surface area contributed by atoms with E-state index in [1.807, 2.05) is 35.2 Å². The second-order valence-corrected chi connectivity index (χ2v) is 6.78. The van der Waals surface area contributed by atoms with Crippen molar-refractivity contribution in [2.24, 2.45) is 5.73 Å². The van der Waals surface area contributed by atoms with E-state index in [1.165, 1.54) is 0 Å². The number of hydrogen-bond donors (Lipinski definition) is 2. The highest BCUT2D eigenvalue weighted by Gasteiger charge is 2.39. The van der Waals surface area contributed by atoms with E-state index in [1.54, 1.807) is 0 Å². The van der Waals surface area contributed by atoms with Crippen LogP contribution in [0.25, 0.3) is 0 Å². The summed E-state index contributed by atoms with van der Waals surface area (Å²) in [6.07, 6.45) is 5.21. The third-order valence-corrected chi connectivity index (χ3v) is 5.02. The van der Waals surface area contributed by atoms with Crippen LogP contribution in [0.2, 0.25) is 0 Å². The molecule has 124 valence electrons. The molecule has 5 heteroatoms. The summed E-state index contributed by atoms with van der Waals surface area (Å²) in [5, 5.41) is 2.90. The molecule has 1 saturated carbocycles. The van der Waals surface area contributed by atoms with Gasteiger partial charge in [0.05, 0.1) is 5.54 Å². The summed E-state index contributed by atoms with van der Waals surface area (Å²) in [7, 11) is 0. The van der Waals surface area contributed by atoms with Gasteiger partial charge in [-0.25, -0.2) is 0 Å². The zero-order valence-electron chi connectivity index (χ0n) is 13.5. The first-order valence-corrected chi connectivity index (χ1v) is 8.51. The number of nitrogens with one attached hydrogen (secondary N) is 1. The molecule has 1 aromatic carbocycles. The average Bonchev–Trinajstić information content (AvgIpc) is 2.90. The smallest absolute Gasteiger partial charge is 0.245 e. The maximum Gasteiger partial charge on any atom is 0.245 e. The second kappa shape index (κ2) is 6.71. The van der Waals surface area contributed by atoms with Crippen LogP contribution in [0.15, 0.2) is 30.3 Å². The Hall–Kier alpha value is -1.88. The number of amides is 2. The minimum absolute atomic E-state index is 0.00149. The molecule has 1 saturated heterocycles. The van der Waals surface area contributed by atoms with Gasteiger partial charge in [-0.3, -0.25) is 9.59 Å². The fourth-order valence-electron chi connectivity index (χ4n) is 3.55. The van der Waals surface area contributed by atoms with E-state index in [0.29, 0.717) is 32.4 Å². The highest BCUT2D eigenvalue weighted by molar-refractivity contribution is 5.93. The first-order valence-electron chi connectivity index (χ1n) is 8.51. The van der Waals surface area contributed by atoms with Crippen molar-refractivity contribution in [3.8, 4) is 0 Å². The van der Waals surface area contributed by atoms with Crippen LogP contribution in [0.3, 0.4) is 0 Å². The lowest BCUT2D eigenvalue weighted by Crippen LogP contribution is -2.58. The molecule has 1 heterocycles. The molecule has 0 bridgehead atoms. The molecular weight excluding hydrogens is 290 g/mol. The molecular formula is C18H25N3O2. The number of carbonyl (C=O) groups is 2. The molecule has 0 spiro atoms. The summed E-state index contributed by atoms with van der Waals surface area (Å²) in [6.45, 7) is 1.27. The molecule has 1 aliphatic heterocycles. The molecule has 3 rings (SSSR count). The van der Waals surface area contributed by atoms with Gasteiger partial charge in [-0.05, 0) is 24.8 Å². The summed E-state index contributed by atoms with van der Waals surface area (Å²) in [4.78, 5) is 26.8. The largest absolute Gasteiger partial charge is 0.343 e. The highest BCUT2D eigenvalue weighted by Crippen LogP contribution is 2.26. The summed E-state index contributed by atoms with van der Waals surface area (Å²) < 4.78 is 0. The van der Waals surface area contributed by atoms with Gasteiger partial charge in [-0.1, -0.05) is 49.6 Å². The number of nitrogens with two attached hydrogens (primary N) is 1. The average molecular weight is 315 g/mol. The van der Waals surface area contributed by atoms with Gasteiger partial charge in [0.1, 0.15) is 6.04 Å². The predicted molar refractivity (Wildman–Crippen MR) is 88.4 cm³/mol. The van der Waals surface area contributed by atoms with E-state index < -0.39 is 11.6 Å². The molecule has 5 nitrogen and oxygen atoms in total. The van der Waals surface area contributed by atoms with E-state index in [9.17, 15) is 9.59 Å². The topological polar surface area (TPSA) is 75.4 Å². The van der Waals surface area contributed by atoms with Gasteiger partial charge in [-0.15, -0.1) is 0 Å². The van der Waals surface area contributed by atoms with E-state index in [4.69, 9.17) is 5.73 Å². The molecule has 0 radical (unpaired) electrons.